The van der Waals surface area contributed by atoms with Crippen molar-refractivity contribution >= 4 is 40.7 Å². The lowest BCUT2D eigenvalue weighted by Gasteiger charge is -2.18. The van der Waals surface area contributed by atoms with E-state index in [1.54, 1.807) is 18.2 Å². The highest BCUT2D eigenvalue weighted by Gasteiger charge is 2.30. The van der Waals surface area contributed by atoms with Crippen LogP contribution in [-0.4, -0.2) is 30.0 Å². The van der Waals surface area contributed by atoms with Crippen molar-refractivity contribution < 1.29 is 19.1 Å². The van der Waals surface area contributed by atoms with Crippen LogP contribution in [0.1, 0.15) is 17.2 Å². The summed E-state index contributed by atoms with van der Waals surface area (Å²) in [6.45, 7) is 0.123. The summed E-state index contributed by atoms with van der Waals surface area (Å²) in [6.07, 6.45) is -0.598. The fraction of sp³-hybridized carbons (Fsp3) is 0.222. The molecule has 0 aromatic heterocycles. The van der Waals surface area contributed by atoms with Crippen LogP contribution in [0.5, 0.6) is 0 Å². The predicted octanol–water partition coefficient (Wildman–Crippen LogP) is 2.87. The Bertz CT molecular complexity index is 876. The van der Waals surface area contributed by atoms with Crippen molar-refractivity contribution in [3.8, 4) is 0 Å². The maximum absolute atomic E-state index is 13.4. The third-order valence-corrected chi connectivity index (χ3v) is 4.85. The van der Waals surface area contributed by atoms with Gasteiger partial charge in [-0.15, -0.1) is 0 Å². The molecular weight excluding hydrogens is 382 g/mol. The van der Waals surface area contributed by atoms with E-state index < -0.39 is 23.7 Å². The molecule has 2 amide bonds. The van der Waals surface area contributed by atoms with E-state index in [0.717, 1.165) is 11.6 Å². The smallest absolute Gasteiger partial charge is 0.316 e. The molecule has 2 aromatic rings. The summed E-state index contributed by atoms with van der Waals surface area (Å²) < 4.78 is 13.4. The van der Waals surface area contributed by atoms with Crippen LogP contribution in [0.2, 0.25) is 10.0 Å². The number of halogens is 3. The number of anilines is 1. The second-order valence-corrected chi connectivity index (χ2v) is 6.66. The zero-order valence-electron chi connectivity index (χ0n) is 13.5. The number of nitrogens with one attached hydrogen (secondary N) is 1. The van der Waals surface area contributed by atoms with Crippen molar-refractivity contribution in [1.82, 2.24) is 5.32 Å². The molecular formula is C18H15Cl2FN2O3. The SMILES string of the molecule is O=C(NCC(O)c1ccc(Cl)c(F)c1)C(=O)N1CCc2c(Cl)cccc21. The highest BCUT2D eigenvalue weighted by Crippen LogP contribution is 2.33. The molecule has 0 aliphatic carbocycles. The van der Waals surface area contributed by atoms with Gasteiger partial charge in [-0.25, -0.2) is 4.39 Å². The lowest BCUT2D eigenvalue weighted by molar-refractivity contribution is -0.137. The van der Waals surface area contributed by atoms with E-state index in [0.29, 0.717) is 23.7 Å². The van der Waals surface area contributed by atoms with Gasteiger partial charge >= 0.3 is 11.8 Å². The fourth-order valence-corrected chi connectivity index (χ4v) is 3.21. The fourth-order valence-electron chi connectivity index (χ4n) is 2.83. The number of amides is 2. The van der Waals surface area contributed by atoms with Crippen molar-refractivity contribution in [3.05, 3.63) is 63.4 Å². The van der Waals surface area contributed by atoms with Crippen molar-refractivity contribution in [3.63, 3.8) is 0 Å². The normalized spacial score (nSPS) is 14.1. The van der Waals surface area contributed by atoms with Gasteiger partial charge in [0.05, 0.1) is 11.1 Å². The summed E-state index contributed by atoms with van der Waals surface area (Å²) in [7, 11) is 0. The van der Waals surface area contributed by atoms with Gasteiger partial charge in [0.2, 0.25) is 0 Å². The maximum atomic E-state index is 13.4. The van der Waals surface area contributed by atoms with Crippen LogP contribution in [-0.2, 0) is 16.0 Å². The van der Waals surface area contributed by atoms with Crippen LogP contribution in [0, 0.1) is 5.82 Å². The third-order valence-electron chi connectivity index (χ3n) is 4.19. The van der Waals surface area contributed by atoms with Gasteiger partial charge in [0.15, 0.2) is 0 Å². The number of carbonyl (C=O) groups is 2. The van der Waals surface area contributed by atoms with Crippen LogP contribution in [0.4, 0.5) is 10.1 Å². The van der Waals surface area contributed by atoms with Crippen LogP contribution in [0.3, 0.4) is 0 Å². The van der Waals surface area contributed by atoms with Crippen molar-refractivity contribution in [2.75, 3.05) is 18.0 Å². The Morgan fingerprint density at radius 1 is 1.23 bits per heavy atom. The van der Waals surface area contributed by atoms with Crippen molar-refractivity contribution in [1.29, 1.82) is 0 Å². The van der Waals surface area contributed by atoms with E-state index in [4.69, 9.17) is 23.2 Å². The summed E-state index contributed by atoms with van der Waals surface area (Å²) in [5, 5.41) is 12.9. The molecule has 1 atom stereocenters. The molecule has 0 bridgehead atoms. The van der Waals surface area contributed by atoms with Gasteiger partial charge in [-0.1, -0.05) is 35.3 Å². The Morgan fingerprint density at radius 2 is 2.00 bits per heavy atom. The number of rotatable bonds is 3. The first-order valence-electron chi connectivity index (χ1n) is 7.88. The summed E-state index contributed by atoms with van der Waals surface area (Å²) in [6, 6.07) is 9.01. The van der Waals surface area contributed by atoms with Gasteiger partial charge in [-0.2, -0.15) is 0 Å². The summed E-state index contributed by atoms with van der Waals surface area (Å²) >= 11 is 11.7. The molecule has 1 heterocycles. The average Bonchev–Trinajstić information content (AvgIpc) is 3.06. The van der Waals surface area contributed by atoms with Gasteiger partial charge in [-0.05, 0) is 41.8 Å². The van der Waals surface area contributed by atoms with E-state index in [1.807, 2.05) is 0 Å². The van der Waals surface area contributed by atoms with E-state index >= 15 is 0 Å². The van der Waals surface area contributed by atoms with Gasteiger partial charge in [-0.3, -0.25) is 9.59 Å². The lowest BCUT2D eigenvalue weighted by Crippen LogP contribution is -2.43. The number of carbonyl (C=O) groups excluding carboxylic acids is 2. The quantitative estimate of drug-likeness (QED) is 0.783. The second kappa shape index (κ2) is 7.61. The zero-order valence-corrected chi connectivity index (χ0v) is 15.0. The number of aliphatic hydroxyl groups is 1. The molecule has 0 saturated carbocycles. The number of benzene rings is 2. The highest BCUT2D eigenvalue weighted by atomic mass is 35.5. The summed E-state index contributed by atoms with van der Waals surface area (Å²) in [5.41, 5.74) is 1.68. The van der Waals surface area contributed by atoms with E-state index in [-0.39, 0.29) is 17.1 Å². The minimum absolute atomic E-state index is 0.0634. The standard InChI is InChI=1S/C18H15Cl2FN2O3/c19-12-2-1-3-15-11(12)6-7-23(15)18(26)17(25)22-9-16(24)10-4-5-13(20)14(21)8-10/h1-5,8,16,24H,6-7,9H2,(H,22,25). The Morgan fingerprint density at radius 3 is 2.73 bits per heavy atom. The number of nitrogens with zero attached hydrogens (tertiary/aromatic N) is 1. The third kappa shape index (κ3) is 3.67. The van der Waals surface area contributed by atoms with Gasteiger partial charge < -0.3 is 15.3 Å². The molecule has 2 aromatic carbocycles. The van der Waals surface area contributed by atoms with Crippen LogP contribution >= 0.6 is 23.2 Å². The zero-order chi connectivity index (χ0) is 18.8. The molecule has 136 valence electrons. The molecule has 2 N–H and O–H groups in total. The Hall–Kier alpha value is -2.15. The van der Waals surface area contributed by atoms with Crippen LogP contribution < -0.4 is 10.2 Å². The molecule has 5 nitrogen and oxygen atoms in total. The van der Waals surface area contributed by atoms with Gasteiger partial charge in [0.25, 0.3) is 0 Å². The first kappa shape index (κ1) is 18.6. The number of hydrogen-bond donors (Lipinski definition) is 2. The van der Waals surface area contributed by atoms with Crippen LogP contribution in [0.25, 0.3) is 0 Å². The Kier molecular flexibility index (Phi) is 5.46. The number of aliphatic hydroxyl groups excluding tert-OH is 1. The molecule has 0 spiro atoms. The van der Waals surface area contributed by atoms with Gasteiger partial charge in [0, 0.05) is 23.8 Å². The van der Waals surface area contributed by atoms with Crippen LogP contribution in [0.15, 0.2) is 36.4 Å². The molecule has 1 aliphatic heterocycles. The van der Waals surface area contributed by atoms with E-state index in [1.165, 1.54) is 17.0 Å². The van der Waals surface area contributed by atoms with Crippen molar-refractivity contribution in [2.24, 2.45) is 0 Å². The highest BCUT2D eigenvalue weighted by molar-refractivity contribution is 6.41. The van der Waals surface area contributed by atoms with E-state index in [9.17, 15) is 19.1 Å². The lowest BCUT2D eigenvalue weighted by atomic mass is 10.1. The molecule has 0 radical (unpaired) electrons. The van der Waals surface area contributed by atoms with Gasteiger partial charge in [0.1, 0.15) is 5.82 Å². The van der Waals surface area contributed by atoms with Crippen molar-refractivity contribution in [2.45, 2.75) is 12.5 Å². The first-order valence-corrected chi connectivity index (χ1v) is 8.64. The molecule has 8 heteroatoms. The summed E-state index contributed by atoms with van der Waals surface area (Å²) in [5.74, 6) is -2.26. The molecule has 3 rings (SSSR count). The Balaban J connectivity index is 1.63. The second-order valence-electron chi connectivity index (χ2n) is 5.84. The number of hydrogen-bond acceptors (Lipinski definition) is 3. The topological polar surface area (TPSA) is 69.6 Å². The minimum Gasteiger partial charge on any atom is -0.387 e. The first-order chi connectivity index (χ1) is 12.4. The molecule has 1 aliphatic rings. The largest absolute Gasteiger partial charge is 0.387 e. The molecule has 26 heavy (non-hydrogen) atoms. The average molecular weight is 397 g/mol. The molecule has 1 unspecified atom stereocenters. The summed E-state index contributed by atoms with van der Waals surface area (Å²) in [4.78, 5) is 25.9. The maximum Gasteiger partial charge on any atom is 0.316 e. The monoisotopic (exact) mass is 396 g/mol. The van der Waals surface area contributed by atoms with E-state index in [2.05, 4.69) is 5.32 Å². The minimum atomic E-state index is -1.17. The Labute approximate surface area is 159 Å². The molecule has 0 fully saturated rings. The molecule has 0 saturated heterocycles. The number of fused-ring (bicyclic) bond motifs is 1. The predicted molar refractivity (Wildman–Crippen MR) is 96.9 cm³/mol.